The maximum absolute atomic E-state index is 13.2. The SMILES string of the molecule is CS(=O)(=O)N1CC[C@@H](NC(=O)c2nc(OC[C@H]3CCCO3)nc(N3CCC(c4c[nH]c5ncccc45)CC3)n2)C1. The largest absolute Gasteiger partial charge is 0.461 e. The molecule has 0 bridgehead atoms. The Bertz CT molecular complexity index is 1470. The van der Waals surface area contributed by atoms with Gasteiger partial charge >= 0.3 is 6.01 Å². The van der Waals surface area contributed by atoms with Gasteiger partial charge in [-0.3, -0.25) is 4.79 Å². The van der Waals surface area contributed by atoms with Crippen LogP contribution in [0.5, 0.6) is 6.01 Å². The summed E-state index contributed by atoms with van der Waals surface area (Å²) in [5.41, 5.74) is 2.15. The summed E-state index contributed by atoms with van der Waals surface area (Å²) < 4.78 is 36.7. The number of carbonyl (C=O) groups excluding carboxylic acids is 1. The molecule has 2 atom stereocenters. The molecule has 40 heavy (non-hydrogen) atoms. The lowest BCUT2D eigenvalue weighted by molar-refractivity contribution is 0.0642. The van der Waals surface area contributed by atoms with E-state index in [-0.39, 0.29) is 30.5 Å². The minimum Gasteiger partial charge on any atom is -0.461 e. The molecule has 0 aliphatic carbocycles. The summed E-state index contributed by atoms with van der Waals surface area (Å²) in [6.07, 6.45) is 9.18. The second-order valence-corrected chi connectivity index (χ2v) is 12.7. The molecule has 0 radical (unpaired) electrons. The summed E-state index contributed by atoms with van der Waals surface area (Å²) >= 11 is 0. The first-order valence-corrected chi connectivity index (χ1v) is 15.6. The molecule has 14 heteroatoms. The Hall–Kier alpha value is -3.36. The van der Waals surface area contributed by atoms with Crippen LogP contribution in [0, 0.1) is 0 Å². The highest BCUT2D eigenvalue weighted by molar-refractivity contribution is 7.88. The van der Waals surface area contributed by atoms with E-state index < -0.39 is 15.9 Å². The average Bonchev–Trinajstić information content (AvgIpc) is 3.73. The van der Waals surface area contributed by atoms with Crippen LogP contribution in [0.4, 0.5) is 5.95 Å². The number of anilines is 1. The molecule has 6 heterocycles. The van der Waals surface area contributed by atoms with Gasteiger partial charge in [0.25, 0.3) is 5.91 Å². The van der Waals surface area contributed by atoms with Crippen LogP contribution in [0.15, 0.2) is 24.5 Å². The third-order valence-electron chi connectivity index (χ3n) is 7.88. The number of hydrogen-bond acceptors (Lipinski definition) is 10. The van der Waals surface area contributed by atoms with Crippen molar-refractivity contribution in [2.45, 2.75) is 50.2 Å². The normalized spacial score (nSPS) is 22.7. The summed E-state index contributed by atoms with van der Waals surface area (Å²) in [5.74, 6) is 0.238. The van der Waals surface area contributed by atoms with Crippen molar-refractivity contribution in [3.63, 3.8) is 0 Å². The number of ether oxygens (including phenoxy) is 2. The van der Waals surface area contributed by atoms with Gasteiger partial charge in [0.05, 0.1) is 12.4 Å². The van der Waals surface area contributed by atoms with E-state index in [1.165, 1.54) is 16.1 Å². The van der Waals surface area contributed by atoms with Crippen LogP contribution in [0.2, 0.25) is 0 Å². The molecule has 0 spiro atoms. The van der Waals surface area contributed by atoms with Crippen molar-refractivity contribution in [2.24, 2.45) is 0 Å². The van der Waals surface area contributed by atoms with Crippen molar-refractivity contribution in [3.8, 4) is 6.01 Å². The molecule has 0 unspecified atom stereocenters. The van der Waals surface area contributed by atoms with Crippen LogP contribution in [0.1, 0.15) is 54.2 Å². The first kappa shape index (κ1) is 26.8. The van der Waals surface area contributed by atoms with Gasteiger partial charge in [-0.05, 0) is 55.7 Å². The van der Waals surface area contributed by atoms with Crippen LogP contribution in [-0.4, -0.2) is 101 Å². The van der Waals surface area contributed by atoms with Gasteiger partial charge in [-0.2, -0.15) is 15.0 Å². The first-order chi connectivity index (χ1) is 19.3. The number of piperidine rings is 1. The number of carbonyl (C=O) groups is 1. The highest BCUT2D eigenvalue weighted by Crippen LogP contribution is 2.33. The number of rotatable bonds is 8. The molecule has 3 aromatic heterocycles. The van der Waals surface area contributed by atoms with Gasteiger partial charge in [0.15, 0.2) is 0 Å². The fraction of sp³-hybridized carbons (Fsp3) is 0.577. The molecule has 0 saturated carbocycles. The molecule has 3 aromatic rings. The van der Waals surface area contributed by atoms with Crippen LogP contribution >= 0.6 is 0 Å². The van der Waals surface area contributed by atoms with Gasteiger partial charge in [-0.15, -0.1) is 0 Å². The number of aromatic nitrogens is 5. The molecule has 2 N–H and O–H groups in total. The number of nitrogens with one attached hydrogen (secondary N) is 2. The highest BCUT2D eigenvalue weighted by atomic mass is 32.2. The Morgan fingerprint density at radius 2 is 2.02 bits per heavy atom. The third kappa shape index (κ3) is 5.88. The molecule has 214 valence electrons. The Labute approximate surface area is 232 Å². The Morgan fingerprint density at radius 3 is 2.77 bits per heavy atom. The number of H-pyrrole nitrogens is 1. The molecule has 13 nitrogen and oxygen atoms in total. The van der Waals surface area contributed by atoms with Gasteiger partial charge in [-0.1, -0.05) is 0 Å². The summed E-state index contributed by atoms with van der Waals surface area (Å²) in [7, 11) is -3.32. The number of fused-ring (bicyclic) bond motifs is 1. The van der Waals surface area contributed by atoms with Crippen molar-refractivity contribution in [2.75, 3.05) is 50.5 Å². The van der Waals surface area contributed by atoms with Gasteiger partial charge < -0.3 is 24.7 Å². The summed E-state index contributed by atoms with van der Waals surface area (Å²) in [6, 6.07) is 3.81. The van der Waals surface area contributed by atoms with E-state index in [0.717, 1.165) is 36.7 Å². The molecule has 3 fully saturated rings. The van der Waals surface area contributed by atoms with Gasteiger partial charge in [0, 0.05) is 56.6 Å². The lowest BCUT2D eigenvalue weighted by Gasteiger charge is -2.32. The molecule has 3 aliphatic rings. The van der Waals surface area contributed by atoms with E-state index in [0.29, 0.717) is 51.1 Å². The second-order valence-electron chi connectivity index (χ2n) is 10.7. The van der Waals surface area contributed by atoms with Crippen molar-refractivity contribution in [1.29, 1.82) is 0 Å². The number of aromatic amines is 1. The summed E-state index contributed by atoms with van der Waals surface area (Å²) in [5, 5.41) is 4.03. The quantitative estimate of drug-likeness (QED) is 0.406. The molecule has 3 aliphatic heterocycles. The predicted octanol–water partition coefficient (Wildman–Crippen LogP) is 1.45. The van der Waals surface area contributed by atoms with Crippen LogP contribution in [0.25, 0.3) is 11.0 Å². The Kier molecular flexibility index (Phi) is 7.55. The molecule has 6 rings (SSSR count). The Morgan fingerprint density at radius 1 is 1.18 bits per heavy atom. The summed E-state index contributed by atoms with van der Waals surface area (Å²) in [6.45, 7) is 3.01. The van der Waals surface area contributed by atoms with Crippen LogP contribution in [-0.2, 0) is 14.8 Å². The van der Waals surface area contributed by atoms with Gasteiger partial charge in [-0.25, -0.2) is 17.7 Å². The van der Waals surface area contributed by atoms with Crippen molar-refractivity contribution >= 4 is 32.9 Å². The molecule has 0 aromatic carbocycles. The lowest BCUT2D eigenvalue weighted by Crippen LogP contribution is -2.39. The van der Waals surface area contributed by atoms with Crippen molar-refractivity contribution in [1.82, 2.24) is 34.5 Å². The number of nitrogens with zero attached hydrogens (tertiary/aromatic N) is 6. The standard InChI is InChI=1S/C26H34N8O5S/c1-40(36,37)34-12-8-18(15-34)29-24(35)23-30-25(32-26(31-23)39-16-19-4-3-13-38-19)33-10-6-17(7-11-33)21-14-28-22-20(21)5-2-9-27-22/h2,5,9,14,17-19H,3-4,6-8,10-13,15-16H2,1H3,(H,27,28)(H,29,35)/t18-,19-/m1/s1. The molecule has 3 saturated heterocycles. The zero-order valence-electron chi connectivity index (χ0n) is 22.5. The van der Waals surface area contributed by atoms with Crippen molar-refractivity contribution < 1.29 is 22.7 Å². The first-order valence-electron chi connectivity index (χ1n) is 13.8. The zero-order chi connectivity index (χ0) is 27.7. The fourth-order valence-corrected chi connectivity index (χ4v) is 6.59. The second kappa shape index (κ2) is 11.3. The molecular formula is C26H34N8O5S. The minimum absolute atomic E-state index is 0.0284. The van der Waals surface area contributed by atoms with E-state index in [9.17, 15) is 13.2 Å². The van der Waals surface area contributed by atoms with Crippen molar-refractivity contribution in [3.05, 3.63) is 35.9 Å². The summed E-state index contributed by atoms with van der Waals surface area (Å²) in [4.78, 5) is 36.3. The lowest BCUT2D eigenvalue weighted by atomic mass is 9.89. The minimum atomic E-state index is -3.32. The number of hydrogen-bond donors (Lipinski definition) is 2. The monoisotopic (exact) mass is 570 g/mol. The maximum Gasteiger partial charge on any atom is 0.322 e. The van der Waals surface area contributed by atoms with E-state index in [4.69, 9.17) is 9.47 Å². The molecular weight excluding hydrogens is 536 g/mol. The topological polar surface area (TPSA) is 156 Å². The van der Waals surface area contributed by atoms with Gasteiger partial charge in [0.2, 0.25) is 21.8 Å². The smallest absolute Gasteiger partial charge is 0.322 e. The van der Waals surface area contributed by atoms with Crippen LogP contribution in [0.3, 0.4) is 0 Å². The number of pyridine rings is 1. The molecule has 1 amide bonds. The van der Waals surface area contributed by atoms with E-state index in [2.05, 4.69) is 41.2 Å². The zero-order valence-corrected chi connectivity index (χ0v) is 23.3. The van der Waals surface area contributed by atoms with Crippen LogP contribution < -0.4 is 15.0 Å². The van der Waals surface area contributed by atoms with E-state index in [1.807, 2.05) is 12.3 Å². The Balaban J connectivity index is 1.17. The average molecular weight is 571 g/mol. The third-order valence-corrected chi connectivity index (χ3v) is 9.15. The predicted molar refractivity (Wildman–Crippen MR) is 147 cm³/mol. The maximum atomic E-state index is 13.2. The van der Waals surface area contributed by atoms with E-state index >= 15 is 0 Å². The fourth-order valence-electron chi connectivity index (χ4n) is 5.70. The number of amides is 1. The highest BCUT2D eigenvalue weighted by Gasteiger charge is 2.31. The van der Waals surface area contributed by atoms with E-state index in [1.54, 1.807) is 6.20 Å². The van der Waals surface area contributed by atoms with Gasteiger partial charge in [0.1, 0.15) is 12.3 Å². The number of sulfonamides is 1.